The zero-order valence-electron chi connectivity index (χ0n) is 13.9. The number of pyridine rings is 1. The number of nitrogens with zero attached hydrogens (tertiary/aromatic N) is 1. The number of rotatable bonds is 4. The van der Waals surface area contributed by atoms with Crippen LogP contribution in [0.1, 0.15) is 30.0 Å². The molecule has 3 aromatic rings. The normalized spacial score (nSPS) is 16.2. The maximum atomic E-state index is 12.3. The zero-order chi connectivity index (χ0) is 17.1. The highest BCUT2D eigenvalue weighted by atomic mass is 16.5. The van der Waals surface area contributed by atoms with E-state index in [1.807, 2.05) is 36.4 Å². The molecule has 1 aliphatic carbocycles. The third-order valence-corrected chi connectivity index (χ3v) is 4.65. The molecule has 126 valence electrons. The van der Waals surface area contributed by atoms with Gasteiger partial charge in [-0.15, -0.1) is 0 Å². The Morgan fingerprint density at radius 1 is 1.16 bits per heavy atom. The molecule has 0 aliphatic heterocycles. The first-order valence-corrected chi connectivity index (χ1v) is 8.64. The van der Waals surface area contributed by atoms with Gasteiger partial charge >= 0.3 is 0 Å². The summed E-state index contributed by atoms with van der Waals surface area (Å²) in [6, 6.07) is 18.0. The molecule has 0 saturated carbocycles. The average molecular weight is 332 g/mol. The molecule has 4 nitrogen and oxygen atoms in total. The third kappa shape index (κ3) is 3.48. The van der Waals surface area contributed by atoms with Gasteiger partial charge in [0.05, 0.1) is 11.6 Å². The van der Waals surface area contributed by atoms with Gasteiger partial charge in [0.15, 0.2) is 6.61 Å². The van der Waals surface area contributed by atoms with Crippen molar-refractivity contribution in [3.05, 3.63) is 71.9 Å². The molecule has 4 rings (SSSR count). The summed E-state index contributed by atoms with van der Waals surface area (Å²) in [7, 11) is 0. The summed E-state index contributed by atoms with van der Waals surface area (Å²) in [5, 5.41) is 4.11. The minimum Gasteiger partial charge on any atom is -0.484 e. The van der Waals surface area contributed by atoms with Crippen LogP contribution >= 0.6 is 0 Å². The van der Waals surface area contributed by atoms with Crippen LogP contribution in [-0.2, 0) is 11.2 Å². The lowest BCUT2D eigenvalue weighted by molar-refractivity contribution is -0.123. The summed E-state index contributed by atoms with van der Waals surface area (Å²) in [6.45, 7) is 0.0183. The summed E-state index contributed by atoms with van der Waals surface area (Å²) in [5.41, 5.74) is 3.49. The number of aryl methyl sites for hydroxylation is 1. The molecule has 1 N–H and O–H groups in total. The highest BCUT2D eigenvalue weighted by Crippen LogP contribution is 2.29. The highest BCUT2D eigenvalue weighted by molar-refractivity contribution is 5.80. The van der Waals surface area contributed by atoms with Crippen LogP contribution in [0.5, 0.6) is 5.75 Å². The van der Waals surface area contributed by atoms with E-state index in [1.54, 1.807) is 6.20 Å². The second-order valence-corrected chi connectivity index (χ2v) is 6.36. The van der Waals surface area contributed by atoms with Gasteiger partial charge in [0, 0.05) is 11.6 Å². The number of hydrogen-bond acceptors (Lipinski definition) is 3. The Kier molecular flexibility index (Phi) is 4.34. The molecular formula is C21H20N2O2. The third-order valence-electron chi connectivity index (χ3n) is 4.65. The predicted molar refractivity (Wildman–Crippen MR) is 97.5 cm³/mol. The van der Waals surface area contributed by atoms with Crippen molar-refractivity contribution in [3.8, 4) is 5.75 Å². The van der Waals surface area contributed by atoms with Gasteiger partial charge in [0.2, 0.25) is 0 Å². The van der Waals surface area contributed by atoms with Crippen molar-refractivity contribution in [2.24, 2.45) is 0 Å². The van der Waals surface area contributed by atoms with Crippen molar-refractivity contribution in [1.82, 2.24) is 10.3 Å². The quantitative estimate of drug-likeness (QED) is 0.790. The van der Waals surface area contributed by atoms with Crippen LogP contribution in [0.3, 0.4) is 0 Å². The molecule has 0 bridgehead atoms. The number of amides is 1. The van der Waals surface area contributed by atoms with Crippen LogP contribution in [0.2, 0.25) is 0 Å². The first kappa shape index (κ1) is 15.6. The van der Waals surface area contributed by atoms with Gasteiger partial charge in [0.25, 0.3) is 5.91 Å². The summed E-state index contributed by atoms with van der Waals surface area (Å²) < 4.78 is 5.67. The lowest BCUT2D eigenvalue weighted by Gasteiger charge is -2.26. The van der Waals surface area contributed by atoms with Crippen molar-refractivity contribution >= 4 is 16.8 Å². The van der Waals surface area contributed by atoms with E-state index in [0.29, 0.717) is 5.75 Å². The minimum atomic E-state index is -0.0898. The predicted octanol–water partition coefficient (Wildman–Crippen LogP) is 3.81. The molecule has 4 heteroatoms. The number of carbonyl (C=O) groups excluding carboxylic acids is 1. The van der Waals surface area contributed by atoms with Gasteiger partial charge in [-0.3, -0.25) is 9.78 Å². The summed E-state index contributed by atoms with van der Waals surface area (Å²) in [5.74, 6) is 0.590. The molecule has 2 aromatic carbocycles. The lowest BCUT2D eigenvalue weighted by Crippen LogP contribution is -2.34. The van der Waals surface area contributed by atoms with Gasteiger partial charge < -0.3 is 10.1 Å². The Morgan fingerprint density at radius 3 is 3.04 bits per heavy atom. The van der Waals surface area contributed by atoms with Gasteiger partial charge in [-0.1, -0.05) is 30.3 Å². The molecule has 0 radical (unpaired) electrons. The molecule has 0 spiro atoms. The van der Waals surface area contributed by atoms with Crippen LogP contribution in [0, 0.1) is 0 Å². The number of nitrogens with one attached hydrogen (secondary N) is 1. The first-order valence-electron chi connectivity index (χ1n) is 8.64. The molecule has 0 saturated heterocycles. The largest absolute Gasteiger partial charge is 0.484 e. The Bertz CT molecular complexity index is 907. The molecule has 1 aromatic heterocycles. The number of hydrogen-bond donors (Lipinski definition) is 1. The molecule has 25 heavy (non-hydrogen) atoms. The number of carbonyl (C=O) groups is 1. The van der Waals surface area contributed by atoms with E-state index in [4.69, 9.17) is 4.74 Å². The Hall–Kier alpha value is -2.88. The number of aromatic nitrogens is 1. The topological polar surface area (TPSA) is 51.2 Å². The summed E-state index contributed by atoms with van der Waals surface area (Å²) in [4.78, 5) is 16.6. The zero-order valence-corrected chi connectivity index (χ0v) is 13.9. The summed E-state index contributed by atoms with van der Waals surface area (Å²) >= 11 is 0. The fourth-order valence-electron chi connectivity index (χ4n) is 3.43. The Labute approximate surface area is 146 Å². The van der Waals surface area contributed by atoms with E-state index in [-0.39, 0.29) is 18.6 Å². The van der Waals surface area contributed by atoms with E-state index in [0.717, 1.165) is 30.2 Å². The van der Waals surface area contributed by atoms with E-state index >= 15 is 0 Å². The summed E-state index contributed by atoms with van der Waals surface area (Å²) in [6.07, 6.45) is 4.92. The van der Waals surface area contributed by atoms with Crippen molar-refractivity contribution in [3.63, 3.8) is 0 Å². The van der Waals surface area contributed by atoms with Gasteiger partial charge in [-0.05, 0) is 54.7 Å². The highest BCUT2D eigenvalue weighted by Gasteiger charge is 2.21. The SMILES string of the molecule is O=C(COc1ccc2ncccc2c1)NC1CCCc2ccccc21. The average Bonchev–Trinajstić information content (AvgIpc) is 2.66. The monoisotopic (exact) mass is 332 g/mol. The molecule has 1 amide bonds. The Balaban J connectivity index is 1.39. The molecule has 1 atom stereocenters. The first-order chi connectivity index (χ1) is 12.3. The van der Waals surface area contributed by atoms with E-state index in [2.05, 4.69) is 28.5 Å². The van der Waals surface area contributed by atoms with Crippen molar-refractivity contribution in [2.75, 3.05) is 6.61 Å². The maximum Gasteiger partial charge on any atom is 0.258 e. The van der Waals surface area contributed by atoms with Crippen molar-refractivity contribution in [1.29, 1.82) is 0 Å². The lowest BCUT2D eigenvalue weighted by atomic mass is 9.88. The molecule has 0 fully saturated rings. The van der Waals surface area contributed by atoms with E-state index < -0.39 is 0 Å². The van der Waals surface area contributed by atoms with Gasteiger partial charge in [-0.25, -0.2) is 0 Å². The smallest absolute Gasteiger partial charge is 0.258 e. The second-order valence-electron chi connectivity index (χ2n) is 6.36. The van der Waals surface area contributed by atoms with Crippen LogP contribution in [0.4, 0.5) is 0 Å². The molecule has 1 heterocycles. The van der Waals surface area contributed by atoms with Crippen molar-refractivity contribution < 1.29 is 9.53 Å². The fourth-order valence-corrected chi connectivity index (χ4v) is 3.43. The standard InChI is InChI=1S/C21H20N2O2/c24-21(23-20-9-3-6-15-5-1-2-8-18(15)20)14-25-17-10-11-19-16(13-17)7-4-12-22-19/h1-2,4-5,7-8,10-13,20H,3,6,9,14H2,(H,23,24). The maximum absolute atomic E-state index is 12.3. The fraction of sp³-hybridized carbons (Fsp3) is 0.238. The van der Waals surface area contributed by atoms with Crippen LogP contribution in [0.25, 0.3) is 10.9 Å². The van der Waals surface area contributed by atoms with E-state index in [1.165, 1.54) is 11.1 Å². The van der Waals surface area contributed by atoms with E-state index in [9.17, 15) is 4.79 Å². The van der Waals surface area contributed by atoms with Crippen molar-refractivity contribution in [2.45, 2.75) is 25.3 Å². The molecular weight excluding hydrogens is 312 g/mol. The molecule has 1 unspecified atom stereocenters. The number of fused-ring (bicyclic) bond motifs is 2. The second kappa shape index (κ2) is 6.93. The number of benzene rings is 2. The Morgan fingerprint density at radius 2 is 2.08 bits per heavy atom. The van der Waals surface area contributed by atoms with Crippen LogP contribution < -0.4 is 10.1 Å². The van der Waals surface area contributed by atoms with Gasteiger partial charge in [-0.2, -0.15) is 0 Å². The van der Waals surface area contributed by atoms with Crippen LogP contribution in [-0.4, -0.2) is 17.5 Å². The molecule has 1 aliphatic rings. The number of ether oxygens (including phenoxy) is 1. The van der Waals surface area contributed by atoms with Gasteiger partial charge in [0.1, 0.15) is 5.75 Å². The van der Waals surface area contributed by atoms with Crippen LogP contribution in [0.15, 0.2) is 60.8 Å². The minimum absolute atomic E-state index is 0.0183.